The summed E-state index contributed by atoms with van der Waals surface area (Å²) < 4.78 is 5.08. The van der Waals surface area contributed by atoms with Crippen LogP contribution in [0.15, 0.2) is 12.1 Å². The Labute approximate surface area is 117 Å². The fourth-order valence-corrected chi connectivity index (χ4v) is 3.05. The Balaban J connectivity index is 2.39. The number of carbonyl (C=O) groups excluding carboxylic acids is 1. The van der Waals surface area contributed by atoms with Crippen molar-refractivity contribution in [1.82, 2.24) is 0 Å². The molecule has 0 saturated heterocycles. The zero-order valence-corrected chi connectivity index (χ0v) is 12.1. The summed E-state index contributed by atoms with van der Waals surface area (Å²) in [6.07, 6.45) is 4.05. The molecule has 2 rings (SSSR count). The van der Waals surface area contributed by atoms with E-state index < -0.39 is 0 Å². The Morgan fingerprint density at radius 3 is 2.39 bits per heavy atom. The van der Waals surface area contributed by atoms with Gasteiger partial charge in [-0.2, -0.15) is 0 Å². The number of ketones is 1. The average molecular weight is 287 g/mol. The van der Waals surface area contributed by atoms with Gasteiger partial charge in [0, 0.05) is 17.0 Å². The van der Waals surface area contributed by atoms with Gasteiger partial charge in [-0.25, -0.2) is 0 Å². The Hall–Kier alpha value is -0.730. The van der Waals surface area contributed by atoms with E-state index >= 15 is 0 Å². The Morgan fingerprint density at radius 1 is 1.22 bits per heavy atom. The number of methoxy groups -OCH3 is 1. The molecule has 0 bridgehead atoms. The summed E-state index contributed by atoms with van der Waals surface area (Å²) in [5, 5.41) is 0.834. The number of halogens is 2. The molecule has 0 aromatic heterocycles. The van der Waals surface area contributed by atoms with Gasteiger partial charge < -0.3 is 4.74 Å². The van der Waals surface area contributed by atoms with Gasteiger partial charge in [0.25, 0.3) is 0 Å². The summed E-state index contributed by atoms with van der Waals surface area (Å²) in [5.74, 6) is 0.587. The second-order valence-electron chi connectivity index (χ2n) is 5.06. The highest BCUT2D eigenvalue weighted by Crippen LogP contribution is 2.42. The van der Waals surface area contributed by atoms with Gasteiger partial charge in [-0.05, 0) is 18.9 Å². The van der Waals surface area contributed by atoms with Crippen molar-refractivity contribution >= 4 is 29.0 Å². The van der Waals surface area contributed by atoms with E-state index in [0.717, 1.165) is 25.7 Å². The van der Waals surface area contributed by atoms with E-state index in [2.05, 4.69) is 0 Å². The summed E-state index contributed by atoms with van der Waals surface area (Å²) in [7, 11) is 1.53. The smallest absolute Gasteiger partial charge is 0.170 e. The molecule has 0 radical (unpaired) electrons. The maximum absolute atomic E-state index is 12.6. The van der Waals surface area contributed by atoms with Crippen molar-refractivity contribution in [3.63, 3.8) is 0 Å². The number of hydrogen-bond donors (Lipinski definition) is 0. The highest BCUT2D eigenvalue weighted by Gasteiger charge is 2.37. The van der Waals surface area contributed by atoms with E-state index in [-0.39, 0.29) is 11.2 Å². The third kappa shape index (κ3) is 2.36. The van der Waals surface area contributed by atoms with Crippen LogP contribution in [0.3, 0.4) is 0 Å². The van der Waals surface area contributed by atoms with Crippen LogP contribution in [0.25, 0.3) is 0 Å². The van der Waals surface area contributed by atoms with Crippen LogP contribution >= 0.6 is 23.2 Å². The molecule has 1 aliphatic carbocycles. The van der Waals surface area contributed by atoms with Crippen LogP contribution in [0.2, 0.25) is 10.0 Å². The van der Waals surface area contributed by atoms with Crippen LogP contribution in [0.4, 0.5) is 0 Å². The summed E-state index contributed by atoms with van der Waals surface area (Å²) in [4.78, 5) is 12.6. The third-order valence-electron chi connectivity index (χ3n) is 3.74. The molecule has 18 heavy (non-hydrogen) atoms. The number of hydrogen-bond acceptors (Lipinski definition) is 2. The molecule has 0 amide bonds. The zero-order chi connectivity index (χ0) is 13.3. The summed E-state index contributed by atoms with van der Waals surface area (Å²) in [6, 6.07) is 3.23. The molecule has 98 valence electrons. The molecule has 1 fully saturated rings. The van der Waals surface area contributed by atoms with Crippen LogP contribution < -0.4 is 4.74 Å². The first-order valence-electron chi connectivity index (χ1n) is 6.06. The first-order valence-corrected chi connectivity index (χ1v) is 6.81. The van der Waals surface area contributed by atoms with E-state index in [1.165, 1.54) is 7.11 Å². The average Bonchev–Trinajstić information content (AvgIpc) is 2.79. The summed E-state index contributed by atoms with van der Waals surface area (Å²) in [5.41, 5.74) is 0.216. The zero-order valence-electron chi connectivity index (χ0n) is 10.6. The third-order valence-corrected chi connectivity index (χ3v) is 4.35. The predicted octanol–water partition coefficient (Wildman–Crippen LogP) is 4.77. The van der Waals surface area contributed by atoms with Crippen molar-refractivity contribution in [1.29, 1.82) is 0 Å². The monoisotopic (exact) mass is 286 g/mol. The standard InChI is InChI=1S/C14H16Cl2O2/c1-14(5-3-4-6-14)13(17)9-7-11(16)12(18-2)8-10(9)15/h7-8H,3-6H2,1-2H3. The molecule has 0 atom stereocenters. The van der Waals surface area contributed by atoms with Gasteiger partial charge in [0.2, 0.25) is 0 Å². The van der Waals surface area contributed by atoms with Gasteiger partial charge in [0.15, 0.2) is 5.78 Å². The minimum atomic E-state index is -0.290. The van der Waals surface area contributed by atoms with Crippen molar-refractivity contribution in [2.75, 3.05) is 7.11 Å². The van der Waals surface area contributed by atoms with Crippen molar-refractivity contribution in [2.45, 2.75) is 32.6 Å². The predicted molar refractivity (Wildman–Crippen MR) is 73.9 cm³/mol. The fraction of sp³-hybridized carbons (Fsp3) is 0.500. The first-order chi connectivity index (χ1) is 8.48. The lowest BCUT2D eigenvalue weighted by Gasteiger charge is -2.22. The molecule has 1 saturated carbocycles. The molecule has 0 spiro atoms. The largest absolute Gasteiger partial charge is 0.495 e. The van der Waals surface area contributed by atoms with Gasteiger partial charge in [-0.1, -0.05) is 43.0 Å². The van der Waals surface area contributed by atoms with Gasteiger partial charge in [-0.3, -0.25) is 4.79 Å². The van der Waals surface area contributed by atoms with E-state index in [0.29, 0.717) is 21.4 Å². The molecular formula is C14H16Cl2O2. The molecule has 0 heterocycles. The van der Waals surface area contributed by atoms with Gasteiger partial charge in [-0.15, -0.1) is 0 Å². The SMILES string of the molecule is COc1cc(Cl)c(C(=O)C2(C)CCCC2)cc1Cl. The summed E-state index contributed by atoms with van der Waals surface area (Å²) in [6.45, 7) is 2.01. The lowest BCUT2D eigenvalue weighted by molar-refractivity contribution is 0.0823. The highest BCUT2D eigenvalue weighted by atomic mass is 35.5. The Morgan fingerprint density at radius 2 is 1.83 bits per heavy atom. The fourth-order valence-electron chi connectivity index (χ4n) is 2.57. The minimum absolute atomic E-state index is 0.0922. The number of benzene rings is 1. The minimum Gasteiger partial charge on any atom is -0.495 e. The highest BCUT2D eigenvalue weighted by molar-refractivity contribution is 6.37. The number of carbonyl (C=O) groups is 1. The topological polar surface area (TPSA) is 26.3 Å². The summed E-state index contributed by atoms with van der Waals surface area (Å²) >= 11 is 12.2. The molecule has 0 unspecified atom stereocenters. The lowest BCUT2D eigenvalue weighted by Crippen LogP contribution is -2.24. The Bertz CT molecular complexity index is 477. The Kier molecular flexibility index (Phi) is 3.88. The van der Waals surface area contributed by atoms with E-state index in [4.69, 9.17) is 27.9 Å². The molecule has 0 aliphatic heterocycles. The molecule has 0 N–H and O–H groups in total. The maximum Gasteiger partial charge on any atom is 0.170 e. The molecule has 1 aliphatic rings. The quantitative estimate of drug-likeness (QED) is 0.749. The second kappa shape index (κ2) is 5.10. The maximum atomic E-state index is 12.6. The molecule has 4 heteroatoms. The van der Waals surface area contributed by atoms with Crippen LogP contribution in [0.1, 0.15) is 43.0 Å². The van der Waals surface area contributed by atoms with E-state index in [1.54, 1.807) is 12.1 Å². The molecule has 1 aromatic rings. The second-order valence-corrected chi connectivity index (χ2v) is 5.88. The lowest BCUT2D eigenvalue weighted by atomic mass is 9.81. The number of Topliss-reactive ketones (excluding diaryl/α,β-unsaturated/α-hetero) is 1. The van der Waals surface area contributed by atoms with Crippen LogP contribution in [0, 0.1) is 5.41 Å². The van der Waals surface area contributed by atoms with Crippen LogP contribution in [0.5, 0.6) is 5.75 Å². The normalized spacial score (nSPS) is 17.8. The van der Waals surface area contributed by atoms with Crippen molar-refractivity contribution < 1.29 is 9.53 Å². The van der Waals surface area contributed by atoms with Gasteiger partial charge in [0.05, 0.1) is 17.2 Å². The van der Waals surface area contributed by atoms with E-state index in [1.807, 2.05) is 6.92 Å². The molecular weight excluding hydrogens is 271 g/mol. The first kappa shape index (κ1) is 13.7. The van der Waals surface area contributed by atoms with Gasteiger partial charge >= 0.3 is 0 Å². The van der Waals surface area contributed by atoms with Crippen molar-refractivity contribution in [2.24, 2.45) is 5.41 Å². The molecule has 1 aromatic carbocycles. The number of rotatable bonds is 3. The number of ether oxygens (including phenoxy) is 1. The van der Waals surface area contributed by atoms with Crippen LogP contribution in [-0.4, -0.2) is 12.9 Å². The van der Waals surface area contributed by atoms with Crippen molar-refractivity contribution in [3.05, 3.63) is 27.7 Å². The van der Waals surface area contributed by atoms with Crippen LogP contribution in [-0.2, 0) is 0 Å². The van der Waals surface area contributed by atoms with Gasteiger partial charge in [0.1, 0.15) is 5.75 Å². The van der Waals surface area contributed by atoms with E-state index in [9.17, 15) is 4.79 Å². The van der Waals surface area contributed by atoms with Crippen molar-refractivity contribution in [3.8, 4) is 5.75 Å². The molecule has 2 nitrogen and oxygen atoms in total.